The Kier molecular flexibility index (Phi) is 4.37. The molecular weight excluding hydrogens is 268 g/mol. The molecule has 0 aromatic carbocycles. The molecule has 1 saturated carbocycles. The van der Waals surface area contributed by atoms with Crippen LogP contribution in [0.5, 0.6) is 0 Å². The molecule has 0 bridgehead atoms. The standard InChI is InChI=1S/C13H17ClN2O3/c1-3-19-11(17)9-8-15-12(16-10(9)7-14)13(18-2)5-4-6-13/h8H,3-7H2,1-2H3. The molecule has 0 saturated heterocycles. The Morgan fingerprint density at radius 3 is 2.74 bits per heavy atom. The fourth-order valence-electron chi connectivity index (χ4n) is 2.13. The van der Waals surface area contributed by atoms with Crippen molar-refractivity contribution in [1.82, 2.24) is 9.97 Å². The Bertz CT molecular complexity index is 469. The van der Waals surface area contributed by atoms with Gasteiger partial charge in [-0.25, -0.2) is 14.8 Å². The number of halogens is 1. The average Bonchev–Trinajstić information content (AvgIpc) is 2.38. The van der Waals surface area contributed by atoms with E-state index in [0.717, 1.165) is 19.3 Å². The second-order valence-corrected chi connectivity index (χ2v) is 4.73. The van der Waals surface area contributed by atoms with Crippen molar-refractivity contribution in [2.24, 2.45) is 0 Å². The van der Waals surface area contributed by atoms with Crippen molar-refractivity contribution in [2.75, 3.05) is 13.7 Å². The molecule has 1 aromatic heterocycles. The van der Waals surface area contributed by atoms with Gasteiger partial charge in [-0.1, -0.05) is 0 Å². The molecule has 0 N–H and O–H groups in total. The highest BCUT2D eigenvalue weighted by Crippen LogP contribution is 2.42. The SMILES string of the molecule is CCOC(=O)c1cnc(C2(OC)CCC2)nc1CCl. The van der Waals surface area contributed by atoms with Crippen LogP contribution in [0.1, 0.15) is 48.1 Å². The molecule has 0 aliphatic heterocycles. The third-order valence-electron chi connectivity index (χ3n) is 3.45. The van der Waals surface area contributed by atoms with E-state index in [9.17, 15) is 4.79 Å². The molecule has 1 aromatic rings. The van der Waals surface area contributed by atoms with Gasteiger partial charge in [0.15, 0.2) is 5.82 Å². The van der Waals surface area contributed by atoms with E-state index in [-0.39, 0.29) is 5.88 Å². The molecule has 1 fully saturated rings. The molecule has 2 rings (SSSR count). The van der Waals surface area contributed by atoms with Gasteiger partial charge in [-0.05, 0) is 26.2 Å². The van der Waals surface area contributed by atoms with Gasteiger partial charge in [-0.15, -0.1) is 11.6 Å². The van der Waals surface area contributed by atoms with Crippen LogP contribution in [0.15, 0.2) is 6.20 Å². The summed E-state index contributed by atoms with van der Waals surface area (Å²) in [6.45, 7) is 2.06. The van der Waals surface area contributed by atoms with Crippen LogP contribution in [0.3, 0.4) is 0 Å². The first-order valence-corrected chi connectivity index (χ1v) is 6.85. The van der Waals surface area contributed by atoms with Gasteiger partial charge < -0.3 is 9.47 Å². The normalized spacial score (nSPS) is 16.8. The number of aromatic nitrogens is 2. The summed E-state index contributed by atoms with van der Waals surface area (Å²) in [6, 6.07) is 0. The Labute approximate surface area is 117 Å². The van der Waals surface area contributed by atoms with Gasteiger partial charge in [-0.2, -0.15) is 0 Å². The molecule has 6 heteroatoms. The largest absolute Gasteiger partial charge is 0.462 e. The molecule has 5 nitrogen and oxygen atoms in total. The molecule has 1 aliphatic carbocycles. The first-order valence-electron chi connectivity index (χ1n) is 6.31. The molecule has 0 radical (unpaired) electrons. The van der Waals surface area contributed by atoms with Crippen LogP contribution < -0.4 is 0 Å². The van der Waals surface area contributed by atoms with Gasteiger partial charge in [0.05, 0.1) is 18.2 Å². The number of alkyl halides is 1. The molecule has 0 atom stereocenters. The summed E-state index contributed by atoms with van der Waals surface area (Å²) in [6.07, 6.45) is 4.36. The van der Waals surface area contributed by atoms with Crippen LogP contribution in [0, 0.1) is 0 Å². The summed E-state index contributed by atoms with van der Waals surface area (Å²) in [5.41, 5.74) is 0.410. The molecule has 104 valence electrons. The van der Waals surface area contributed by atoms with E-state index in [0.29, 0.717) is 23.7 Å². The summed E-state index contributed by atoms with van der Waals surface area (Å²) >= 11 is 5.86. The first-order chi connectivity index (χ1) is 9.16. The van der Waals surface area contributed by atoms with E-state index < -0.39 is 11.6 Å². The summed E-state index contributed by atoms with van der Waals surface area (Å²) < 4.78 is 10.5. The fraction of sp³-hybridized carbons (Fsp3) is 0.615. The third kappa shape index (κ3) is 2.58. The number of hydrogen-bond acceptors (Lipinski definition) is 5. The van der Waals surface area contributed by atoms with Crippen molar-refractivity contribution in [2.45, 2.75) is 37.7 Å². The van der Waals surface area contributed by atoms with E-state index in [1.165, 1.54) is 6.20 Å². The monoisotopic (exact) mass is 284 g/mol. The Morgan fingerprint density at radius 2 is 2.26 bits per heavy atom. The van der Waals surface area contributed by atoms with Crippen LogP contribution in [0.4, 0.5) is 0 Å². The lowest BCUT2D eigenvalue weighted by Crippen LogP contribution is -2.38. The first kappa shape index (κ1) is 14.2. The number of nitrogens with zero attached hydrogens (tertiary/aromatic N) is 2. The summed E-state index contributed by atoms with van der Waals surface area (Å²) in [4.78, 5) is 20.4. The van der Waals surface area contributed by atoms with Gasteiger partial charge in [0.1, 0.15) is 11.2 Å². The van der Waals surface area contributed by atoms with Crippen molar-refractivity contribution < 1.29 is 14.3 Å². The molecule has 0 unspecified atom stereocenters. The number of ether oxygens (including phenoxy) is 2. The van der Waals surface area contributed by atoms with E-state index in [2.05, 4.69) is 9.97 Å². The number of esters is 1. The summed E-state index contributed by atoms with van der Waals surface area (Å²) in [5, 5.41) is 0. The third-order valence-corrected chi connectivity index (χ3v) is 3.70. The lowest BCUT2D eigenvalue weighted by Gasteiger charge is -2.38. The van der Waals surface area contributed by atoms with Gasteiger partial charge in [0.2, 0.25) is 0 Å². The highest BCUT2D eigenvalue weighted by Gasteiger charge is 2.42. The van der Waals surface area contributed by atoms with Crippen molar-refractivity contribution in [3.05, 3.63) is 23.3 Å². The van der Waals surface area contributed by atoms with Crippen LogP contribution in [0.25, 0.3) is 0 Å². The van der Waals surface area contributed by atoms with Gasteiger partial charge >= 0.3 is 5.97 Å². The lowest BCUT2D eigenvalue weighted by atomic mass is 9.79. The number of carbonyl (C=O) groups excluding carboxylic acids is 1. The second kappa shape index (κ2) is 5.84. The quantitative estimate of drug-likeness (QED) is 0.614. The molecule has 0 spiro atoms. The van der Waals surface area contributed by atoms with Gasteiger partial charge in [-0.3, -0.25) is 0 Å². The topological polar surface area (TPSA) is 61.3 Å². The molecule has 0 amide bonds. The fourth-order valence-corrected chi connectivity index (χ4v) is 2.34. The van der Waals surface area contributed by atoms with Crippen molar-refractivity contribution in [1.29, 1.82) is 0 Å². The maximum absolute atomic E-state index is 11.7. The average molecular weight is 285 g/mol. The number of rotatable bonds is 5. The predicted octanol–water partition coefficient (Wildman–Crippen LogP) is 2.42. The van der Waals surface area contributed by atoms with Crippen LogP contribution in [0.2, 0.25) is 0 Å². The van der Waals surface area contributed by atoms with Crippen LogP contribution in [-0.2, 0) is 21.0 Å². The number of hydrogen-bond donors (Lipinski definition) is 0. The van der Waals surface area contributed by atoms with E-state index in [4.69, 9.17) is 21.1 Å². The van der Waals surface area contributed by atoms with E-state index in [1.54, 1.807) is 14.0 Å². The van der Waals surface area contributed by atoms with E-state index in [1.807, 2.05) is 0 Å². The van der Waals surface area contributed by atoms with Gasteiger partial charge in [0.25, 0.3) is 0 Å². The zero-order chi connectivity index (χ0) is 13.9. The highest BCUT2D eigenvalue weighted by atomic mass is 35.5. The minimum atomic E-state index is -0.440. The molecular formula is C13H17ClN2O3. The summed E-state index contributed by atoms with van der Waals surface area (Å²) in [5.74, 6) is 0.304. The molecule has 1 heterocycles. The maximum atomic E-state index is 11.7. The number of methoxy groups -OCH3 is 1. The Hall–Kier alpha value is -1.20. The van der Waals surface area contributed by atoms with Gasteiger partial charge in [0, 0.05) is 13.3 Å². The highest BCUT2D eigenvalue weighted by molar-refractivity contribution is 6.17. The van der Waals surface area contributed by atoms with Crippen molar-refractivity contribution in [3.63, 3.8) is 0 Å². The molecule has 19 heavy (non-hydrogen) atoms. The minimum Gasteiger partial charge on any atom is -0.462 e. The zero-order valence-corrected chi connectivity index (χ0v) is 11.9. The minimum absolute atomic E-state index is 0.142. The maximum Gasteiger partial charge on any atom is 0.341 e. The van der Waals surface area contributed by atoms with E-state index >= 15 is 0 Å². The molecule has 1 aliphatic rings. The Morgan fingerprint density at radius 1 is 1.53 bits per heavy atom. The lowest BCUT2D eigenvalue weighted by molar-refractivity contribution is -0.0848. The van der Waals surface area contributed by atoms with Crippen LogP contribution in [-0.4, -0.2) is 29.7 Å². The zero-order valence-electron chi connectivity index (χ0n) is 11.1. The van der Waals surface area contributed by atoms with Crippen molar-refractivity contribution in [3.8, 4) is 0 Å². The van der Waals surface area contributed by atoms with Crippen molar-refractivity contribution >= 4 is 17.6 Å². The second-order valence-electron chi connectivity index (χ2n) is 4.46. The summed E-state index contributed by atoms with van der Waals surface area (Å²) in [7, 11) is 1.65. The number of carbonyl (C=O) groups is 1. The van der Waals surface area contributed by atoms with Crippen LogP contribution >= 0.6 is 11.6 Å². The smallest absolute Gasteiger partial charge is 0.341 e. The predicted molar refractivity (Wildman–Crippen MR) is 70.1 cm³/mol. The Balaban J connectivity index is 2.33.